The molecule has 0 bridgehead atoms. The molecule has 2 heterocycles. The maximum absolute atomic E-state index is 6.49. The van der Waals surface area contributed by atoms with Crippen LogP contribution in [0.2, 0.25) is 5.02 Å². The molecule has 0 radical (unpaired) electrons. The summed E-state index contributed by atoms with van der Waals surface area (Å²) in [6.45, 7) is 8.21. The fourth-order valence-electron chi connectivity index (χ4n) is 3.26. The molecule has 8 heteroatoms. The molecule has 3 rings (SSSR count). The van der Waals surface area contributed by atoms with E-state index >= 15 is 0 Å². The van der Waals surface area contributed by atoms with Crippen molar-refractivity contribution in [2.24, 2.45) is 4.99 Å². The molecule has 1 fully saturated rings. The quantitative estimate of drug-likeness (QED) is 0.568. The van der Waals surface area contributed by atoms with E-state index in [1.54, 1.807) is 7.05 Å². The number of aromatic nitrogens is 1. The first-order chi connectivity index (χ1) is 13.6. The molecule has 152 valence electrons. The molecule has 0 saturated carbocycles. The monoisotopic (exact) mass is 405 g/mol. The Labute approximate surface area is 171 Å². The fraction of sp³-hybridized carbons (Fsp3) is 0.500. The average Bonchev–Trinajstić information content (AvgIpc) is 3.04. The maximum atomic E-state index is 6.49. The molecule has 0 aliphatic carbocycles. The minimum Gasteiger partial charge on any atom is -0.444 e. The van der Waals surface area contributed by atoms with Gasteiger partial charge in [0.05, 0.1) is 31.5 Å². The smallest absolute Gasteiger partial charge is 0.214 e. The van der Waals surface area contributed by atoms with Gasteiger partial charge in [-0.05, 0) is 25.5 Å². The number of aliphatic imine (C=N–C) groups is 1. The lowest BCUT2D eigenvalue weighted by Gasteiger charge is -2.35. The topological polar surface area (TPSA) is 74.9 Å². The number of guanidine groups is 1. The maximum Gasteiger partial charge on any atom is 0.214 e. The van der Waals surface area contributed by atoms with Gasteiger partial charge in [-0.15, -0.1) is 0 Å². The molecule has 1 unspecified atom stereocenters. The molecular formula is C20H28ClN5O2. The Morgan fingerprint density at radius 3 is 2.64 bits per heavy atom. The van der Waals surface area contributed by atoms with Gasteiger partial charge in [-0.3, -0.25) is 9.89 Å². The van der Waals surface area contributed by atoms with Gasteiger partial charge in [-0.1, -0.05) is 29.8 Å². The van der Waals surface area contributed by atoms with Crippen molar-refractivity contribution in [1.82, 2.24) is 20.5 Å². The van der Waals surface area contributed by atoms with Gasteiger partial charge in [0.15, 0.2) is 5.96 Å². The van der Waals surface area contributed by atoms with Crippen LogP contribution in [-0.2, 0) is 11.3 Å². The summed E-state index contributed by atoms with van der Waals surface area (Å²) in [6.07, 6.45) is 0. The van der Waals surface area contributed by atoms with Crippen LogP contribution in [0.5, 0.6) is 0 Å². The zero-order valence-corrected chi connectivity index (χ0v) is 17.4. The van der Waals surface area contributed by atoms with Gasteiger partial charge < -0.3 is 19.8 Å². The van der Waals surface area contributed by atoms with E-state index < -0.39 is 0 Å². The summed E-state index contributed by atoms with van der Waals surface area (Å²) in [5.74, 6) is 2.18. The van der Waals surface area contributed by atoms with E-state index in [0.717, 1.165) is 48.3 Å². The van der Waals surface area contributed by atoms with Gasteiger partial charge in [0.25, 0.3) is 0 Å². The first-order valence-corrected chi connectivity index (χ1v) is 9.90. The Morgan fingerprint density at radius 2 is 2.00 bits per heavy atom. The Bertz CT molecular complexity index is 782. The van der Waals surface area contributed by atoms with Crippen LogP contribution in [0.15, 0.2) is 33.7 Å². The van der Waals surface area contributed by atoms with Crippen LogP contribution >= 0.6 is 11.6 Å². The summed E-state index contributed by atoms with van der Waals surface area (Å²) in [5, 5.41) is 7.44. The molecule has 1 aromatic heterocycles. The molecule has 28 heavy (non-hydrogen) atoms. The molecule has 0 spiro atoms. The minimum atomic E-state index is 0.127. The highest BCUT2D eigenvalue weighted by atomic mass is 35.5. The fourth-order valence-corrected chi connectivity index (χ4v) is 3.52. The lowest BCUT2D eigenvalue weighted by Crippen LogP contribution is -2.46. The number of benzene rings is 1. The van der Waals surface area contributed by atoms with Crippen LogP contribution in [0, 0.1) is 13.8 Å². The number of aryl methyl sites for hydroxylation is 2. The van der Waals surface area contributed by atoms with Gasteiger partial charge in [0.1, 0.15) is 5.76 Å². The summed E-state index contributed by atoms with van der Waals surface area (Å²) >= 11 is 6.49. The molecule has 7 nitrogen and oxygen atoms in total. The standard InChI is InChI=1S/C20H28ClN5O2/c1-14-15(2)28-19(25-14)13-24-20(22-3)23-12-18(26-8-10-27-11-9-26)16-6-4-5-7-17(16)21/h4-7,18H,8-13H2,1-3H3,(H2,22,23,24). The van der Waals surface area contributed by atoms with E-state index in [2.05, 4.69) is 31.6 Å². The third-order valence-corrected chi connectivity index (χ3v) is 5.26. The highest BCUT2D eigenvalue weighted by molar-refractivity contribution is 6.31. The first kappa shape index (κ1) is 20.6. The van der Waals surface area contributed by atoms with Crippen LogP contribution in [0.3, 0.4) is 0 Å². The lowest BCUT2D eigenvalue weighted by molar-refractivity contribution is 0.0170. The second-order valence-corrected chi connectivity index (χ2v) is 7.15. The second kappa shape index (κ2) is 9.91. The lowest BCUT2D eigenvalue weighted by atomic mass is 10.0. The molecule has 1 saturated heterocycles. The number of ether oxygens (including phenoxy) is 1. The second-order valence-electron chi connectivity index (χ2n) is 6.74. The van der Waals surface area contributed by atoms with Crippen molar-refractivity contribution in [2.45, 2.75) is 26.4 Å². The zero-order chi connectivity index (χ0) is 19.9. The number of oxazole rings is 1. The molecular weight excluding hydrogens is 378 g/mol. The summed E-state index contributed by atoms with van der Waals surface area (Å²) in [5.41, 5.74) is 2.01. The van der Waals surface area contributed by atoms with E-state index in [9.17, 15) is 0 Å². The first-order valence-electron chi connectivity index (χ1n) is 9.52. The van der Waals surface area contributed by atoms with E-state index in [-0.39, 0.29) is 6.04 Å². The van der Waals surface area contributed by atoms with Crippen molar-refractivity contribution in [3.05, 3.63) is 52.2 Å². The minimum absolute atomic E-state index is 0.127. The summed E-state index contributed by atoms with van der Waals surface area (Å²) in [7, 11) is 1.75. The van der Waals surface area contributed by atoms with Crippen molar-refractivity contribution in [3.63, 3.8) is 0 Å². The van der Waals surface area contributed by atoms with Gasteiger partial charge in [-0.2, -0.15) is 0 Å². The molecule has 0 amide bonds. The molecule has 1 atom stereocenters. The Balaban J connectivity index is 1.65. The van der Waals surface area contributed by atoms with Crippen molar-refractivity contribution in [1.29, 1.82) is 0 Å². The van der Waals surface area contributed by atoms with E-state index in [4.69, 9.17) is 20.8 Å². The summed E-state index contributed by atoms with van der Waals surface area (Å²) in [6, 6.07) is 8.12. The third-order valence-electron chi connectivity index (χ3n) is 4.92. The number of halogens is 1. The van der Waals surface area contributed by atoms with Crippen LogP contribution in [0.1, 0.15) is 29.0 Å². The highest BCUT2D eigenvalue weighted by Crippen LogP contribution is 2.27. The van der Waals surface area contributed by atoms with Crippen LogP contribution in [0.25, 0.3) is 0 Å². The normalized spacial score (nSPS) is 16.8. The Morgan fingerprint density at radius 1 is 1.25 bits per heavy atom. The van der Waals surface area contributed by atoms with Gasteiger partial charge in [0, 0.05) is 31.7 Å². The number of rotatable bonds is 6. The molecule has 2 N–H and O–H groups in total. The number of nitrogens with one attached hydrogen (secondary N) is 2. The average molecular weight is 406 g/mol. The summed E-state index contributed by atoms with van der Waals surface area (Å²) < 4.78 is 11.1. The number of hydrogen-bond acceptors (Lipinski definition) is 5. The number of morpholine rings is 1. The van der Waals surface area contributed by atoms with Gasteiger partial charge in [-0.25, -0.2) is 4.98 Å². The third kappa shape index (κ3) is 5.25. The van der Waals surface area contributed by atoms with Crippen molar-refractivity contribution in [3.8, 4) is 0 Å². The van der Waals surface area contributed by atoms with Gasteiger partial charge in [0.2, 0.25) is 5.89 Å². The Hall–Kier alpha value is -2.09. The Kier molecular flexibility index (Phi) is 7.30. The van der Waals surface area contributed by atoms with Crippen LogP contribution in [0.4, 0.5) is 0 Å². The summed E-state index contributed by atoms with van der Waals surface area (Å²) in [4.78, 5) is 11.1. The van der Waals surface area contributed by atoms with Gasteiger partial charge >= 0.3 is 0 Å². The van der Waals surface area contributed by atoms with Crippen LogP contribution in [-0.4, -0.2) is 55.7 Å². The zero-order valence-electron chi connectivity index (χ0n) is 16.7. The van der Waals surface area contributed by atoms with Crippen molar-refractivity contribution < 1.29 is 9.15 Å². The number of nitrogens with zero attached hydrogens (tertiary/aromatic N) is 3. The SMILES string of the molecule is CN=C(NCc1nc(C)c(C)o1)NCC(c1ccccc1Cl)N1CCOCC1. The molecule has 1 aliphatic rings. The van der Waals surface area contributed by atoms with Crippen molar-refractivity contribution >= 4 is 17.6 Å². The molecule has 2 aromatic rings. The predicted octanol–water partition coefficient (Wildman–Crippen LogP) is 2.68. The largest absolute Gasteiger partial charge is 0.444 e. The number of hydrogen-bond donors (Lipinski definition) is 2. The predicted molar refractivity (Wildman–Crippen MR) is 111 cm³/mol. The van der Waals surface area contributed by atoms with E-state index in [1.165, 1.54) is 0 Å². The van der Waals surface area contributed by atoms with E-state index in [1.807, 2.05) is 32.0 Å². The van der Waals surface area contributed by atoms with E-state index in [0.29, 0.717) is 24.9 Å². The van der Waals surface area contributed by atoms with Crippen molar-refractivity contribution in [2.75, 3.05) is 39.9 Å². The molecule has 1 aliphatic heterocycles. The van der Waals surface area contributed by atoms with Crippen LogP contribution < -0.4 is 10.6 Å². The highest BCUT2D eigenvalue weighted by Gasteiger charge is 2.24. The molecule has 1 aromatic carbocycles.